The fourth-order valence-corrected chi connectivity index (χ4v) is 3.13. The minimum absolute atomic E-state index is 0.249. The molecule has 1 amide bonds. The number of nitrogens with zero attached hydrogens (tertiary/aromatic N) is 4. The Kier molecular flexibility index (Phi) is 6.02. The Bertz CT molecular complexity index is 967. The van der Waals surface area contributed by atoms with Gasteiger partial charge in [0.1, 0.15) is 11.4 Å². The highest BCUT2D eigenvalue weighted by atomic mass is 32.2. The van der Waals surface area contributed by atoms with Gasteiger partial charge in [0.25, 0.3) is 5.91 Å². The molecule has 0 spiro atoms. The van der Waals surface area contributed by atoms with E-state index in [9.17, 15) is 4.79 Å². The van der Waals surface area contributed by atoms with Crippen molar-refractivity contribution in [3.8, 4) is 0 Å². The van der Waals surface area contributed by atoms with Gasteiger partial charge in [-0.05, 0) is 38.5 Å². The molecule has 3 aromatic rings. The number of H-pyrrole nitrogens is 1. The van der Waals surface area contributed by atoms with E-state index in [1.165, 1.54) is 6.33 Å². The number of carbonyl (C=O) groups excluding carboxylic acids is 1. The molecule has 0 radical (unpaired) electrons. The Morgan fingerprint density at radius 1 is 1.37 bits per heavy atom. The number of aromatic amines is 1. The first-order valence-electron chi connectivity index (χ1n) is 8.36. The van der Waals surface area contributed by atoms with Gasteiger partial charge in [-0.15, -0.1) is 11.8 Å². The van der Waals surface area contributed by atoms with Gasteiger partial charge >= 0.3 is 0 Å². The van der Waals surface area contributed by atoms with Crippen LogP contribution < -0.4 is 5.32 Å². The van der Waals surface area contributed by atoms with Crippen LogP contribution in [0.4, 0.5) is 5.69 Å². The van der Waals surface area contributed by atoms with E-state index in [0.717, 1.165) is 21.7 Å². The van der Waals surface area contributed by atoms with Crippen LogP contribution in [0.15, 0.2) is 47.0 Å². The highest BCUT2D eigenvalue weighted by molar-refractivity contribution is 7.98. The summed E-state index contributed by atoms with van der Waals surface area (Å²) in [6, 6.07) is 7.67. The third kappa shape index (κ3) is 5.04. The normalized spacial score (nSPS) is 11.8. The molecule has 140 valence electrons. The number of amides is 1. The predicted molar refractivity (Wildman–Crippen MR) is 106 cm³/mol. The number of rotatable bonds is 7. The maximum Gasteiger partial charge on any atom is 0.267 e. The molecule has 9 heteroatoms. The van der Waals surface area contributed by atoms with E-state index in [1.807, 2.05) is 24.3 Å². The number of benzene rings is 1. The Hall–Kier alpha value is -2.94. The maximum absolute atomic E-state index is 12.2. The van der Waals surface area contributed by atoms with Crippen molar-refractivity contribution < 1.29 is 9.63 Å². The molecule has 2 N–H and O–H groups in total. The molecular weight excluding hydrogens is 364 g/mol. The first-order valence-corrected chi connectivity index (χ1v) is 9.35. The van der Waals surface area contributed by atoms with Gasteiger partial charge in [0.05, 0.1) is 17.3 Å². The molecular formula is C18H20N6O2S. The van der Waals surface area contributed by atoms with E-state index in [2.05, 4.69) is 30.6 Å². The van der Waals surface area contributed by atoms with Gasteiger partial charge in [-0.25, -0.2) is 9.97 Å². The van der Waals surface area contributed by atoms with E-state index >= 15 is 0 Å². The number of anilines is 1. The number of hydrogen-bond donors (Lipinski definition) is 2. The maximum atomic E-state index is 12.2. The standard InChI is InChI=1S/C18H20N6O2S/c1-11(2)24-26-12(3)17(25)22-14-6-4-5-13(7-14)9-27-18-15-8-21-23-16(15)19-10-20-18/h4-8,10,12H,9H2,1-3H3,(H,22,25)(H,19,20,21,23). The van der Waals surface area contributed by atoms with Gasteiger partial charge in [-0.3, -0.25) is 9.89 Å². The number of carbonyl (C=O) groups is 1. The lowest BCUT2D eigenvalue weighted by Gasteiger charge is -2.11. The average molecular weight is 384 g/mol. The lowest BCUT2D eigenvalue weighted by Crippen LogP contribution is -2.26. The van der Waals surface area contributed by atoms with E-state index in [0.29, 0.717) is 17.1 Å². The molecule has 0 saturated heterocycles. The summed E-state index contributed by atoms with van der Waals surface area (Å²) in [5.74, 6) is 0.451. The summed E-state index contributed by atoms with van der Waals surface area (Å²) in [4.78, 5) is 25.8. The first-order chi connectivity index (χ1) is 13.0. The molecule has 0 saturated carbocycles. The van der Waals surface area contributed by atoms with Crippen LogP contribution in [-0.4, -0.2) is 37.9 Å². The quantitative estimate of drug-likeness (QED) is 0.280. The summed E-state index contributed by atoms with van der Waals surface area (Å²) in [6.07, 6.45) is 2.56. The number of aromatic nitrogens is 4. The van der Waals surface area contributed by atoms with Crippen LogP contribution in [0.25, 0.3) is 11.0 Å². The van der Waals surface area contributed by atoms with Gasteiger partial charge < -0.3 is 10.2 Å². The van der Waals surface area contributed by atoms with Crippen molar-refractivity contribution in [1.82, 2.24) is 20.2 Å². The van der Waals surface area contributed by atoms with Gasteiger partial charge in [0.2, 0.25) is 6.10 Å². The van der Waals surface area contributed by atoms with Crippen LogP contribution in [0.1, 0.15) is 26.3 Å². The van der Waals surface area contributed by atoms with E-state index in [1.54, 1.807) is 38.7 Å². The minimum Gasteiger partial charge on any atom is -0.383 e. The van der Waals surface area contributed by atoms with E-state index in [4.69, 9.17) is 4.84 Å². The largest absolute Gasteiger partial charge is 0.383 e. The minimum atomic E-state index is -0.673. The third-order valence-electron chi connectivity index (χ3n) is 3.54. The van der Waals surface area contributed by atoms with Crippen molar-refractivity contribution in [3.63, 3.8) is 0 Å². The summed E-state index contributed by atoms with van der Waals surface area (Å²) in [5.41, 5.74) is 3.24. The highest BCUT2D eigenvalue weighted by Gasteiger charge is 2.14. The molecule has 0 aliphatic carbocycles. The fraction of sp³-hybridized carbons (Fsp3) is 0.278. The molecule has 1 unspecified atom stereocenters. The summed E-state index contributed by atoms with van der Waals surface area (Å²) in [6.45, 7) is 5.27. The lowest BCUT2D eigenvalue weighted by atomic mass is 10.2. The zero-order valence-corrected chi connectivity index (χ0v) is 16.1. The predicted octanol–water partition coefficient (Wildman–Crippen LogP) is 3.38. The Morgan fingerprint density at radius 2 is 2.22 bits per heavy atom. The topological polar surface area (TPSA) is 105 Å². The summed E-state index contributed by atoms with van der Waals surface area (Å²) < 4.78 is 0. The number of fused-ring (bicyclic) bond motifs is 1. The molecule has 0 aliphatic rings. The van der Waals surface area contributed by atoms with Crippen LogP contribution >= 0.6 is 11.8 Å². The van der Waals surface area contributed by atoms with Crippen LogP contribution in [0.5, 0.6) is 0 Å². The molecule has 8 nitrogen and oxygen atoms in total. The molecule has 0 bridgehead atoms. The van der Waals surface area contributed by atoms with Gasteiger partial charge in [0, 0.05) is 11.4 Å². The molecule has 1 aromatic carbocycles. The second-order valence-electron chi connectivity index (χ2n) is 6.08. The molecule has 0 aliphatic heterocycles. The smallest absolute Gasteiger partial charge is 0.267 e. The van der Waals surface area contributed by atoms with E-state index in [-0.39, 0.29) is 5.91 Å². The Morgan fingerprint density at radius 3 is 3.04 bits per heavy atom. The molecule has 27 heavy (non-hydrogen) atoms. The summed E-state index contributed by atoms with van der Waals surface area (Å²) in [7, 11) is 0. The monoisotopic (exact) mass is 384 g/mol. The highest BCUT2D eigenvalue weighted by Crippen LogP contribution is 2.27. The third-order valence-corrected chi connectivity index (χ3v) is 4.62. The average Bonchev–Trinajstić information content (AvgIpc) is 3.14. The van der Waals surface area contributed by atoms with Crippen molar-refractivity contribution in [3.05, 3.63) is 42.4 Å². The van der Waals surface area contributed by atoms with Crippen molar-refractivity contribution in [2.45, 2.75) is 37.7 Å². The SMILES string of the molecule is CC(C)=NOC(C)C(=O)Nc1cccc(CSc2ncnc3[nH]ncc23)c1. The fourth-order valence-electron chi connectivity index (χ4n) is 2.22. The zero-order chi connectivity index (χ0) is 19.2. The van der Waals surface area contributed by atoms with Crippen LogP contribution in [0, 0.1) is 0 Å². The first kappa shape index (κ1) is 18.8. The molecule has 3 rings (SSSR count). The molecule has 2 heterocycles. The van der Waals surface area contributed by atoms with Crippen molar-refractivity contribution >= 4 is 40.1 Å². The lowest BCUT2D eigenvalue weighted by molar-refractivity contribution is -0.126. The van der Waals surface area contributed by atoms with Gasteiger partial charge in [-0.1, -0.05) is 17.3 Å². The van der Waals surface area contributed by atoms with Crippen LogP contribution in [0.2, 0.25) is 0 Å². The summed E-state index contributed by atoms with van der Waals surface area (Å²) >= 11 is 1.59. The summed E-state index contributed by atoms with van der Waals surface area (Å²) in [5, 5.41) is 15.3. The van der Waals surface area contributed by atoms with E-state index < -0.39 is 6.10 Å². The Labute approximate surface area is 160 Å². The second kappa shape index (κ2) is 8.63. The molecule has 0 fully saturated rings. The van der Waals surface area contributed by atoms with Gasteiger partial charge in [0.15, 0.2) is 5.65 Å². The van der Waals surface area contributed by atoms with Crippen LogP contribution in [-0.2, 0) is 15.4 Å². The number of hydrogen-bond acceptors (Lipinski definition) is 7. The Balaban J connectivity index is 1.63. The van der Waals surface area contributed by atoms with Crippen LogP contribution in [0.3, 0.4) is 0 Å². The van der Waals surface area contributed by atoms with Crippen molar-refractivity contribution in [1.29, 1.82) is 0 Å². The van der Waals surface area contributed by atoms with Crippen molar-refractivity contribution in [2.24, 2.45) is 5.16 Å². The number of thioether (sulfide) groups is 1. The zero-order valence-electron chi connectivity index (χ0n) is 15.3. The number of oxime groups is 1. The molecule has 2 aromatic heterocycles. The second-order valence-corrected chi connectivity index (χ2v) is 7.04. The van der Waals surface area contributed by atoms with Gasteiger partial charge in [-0.2, -0.15) is 5.10 Å². The van der Waals surface area contributed by atoms with Crippen molar-refractivity contribution in [2.75, 3.05) is 5.32 Å². The molecule has 1 atom stereocenters. The number of nitrogens with one attached hydrogen (secondary N) is 2.